The maximum atomic E-state index is 12.0. The van der Waals surface area contributed by atoms with E-state index in [4.69, 9.17) is 9.47 Å². The number of hydrogen-bond acceptors (Lipinski definition) is 3. The minimum atomic E-state index is 0.208. The first-order valence-corrected chi connectivity index (χ1v) is 7.75. The molecule has 1 aromatic rings. The number of nitrogens with zero attached hydrogens (tertiary/aromatic N) is 1. The van der Waals surface area contributed by atoms with Crippen LogP contribution in [0.2, 0.25) is 0 Å². The molecule has 1 aromatic carbocycles. The predicted molar refractivity (Wildman–Crippen MR) is 82.5 cm³/mol. The van der Waals surface area contributed by atoms with E-state index in [0.717, 1.165) is 38.1 Å². The highest BCUT2D eigenvalue weighted by atomic mass is 16.5. The van der Waals surface area contributed by atoms with Crippen LogP contribution in [0, 0.1) is 0 Å². The van der Waals surface area contributed by atoms with Gasteiger partial charge in [0.2, 0.25) is 5.91 Å². The zero-order chi connectivity index (χ0) is 15.1. The fraction of sp³-hybridized carbons (Fsp3) is 0.588. The summed E-state index contributed by atoms with van der Waals surface area (Å²) in [6.07, 6.45) is 3.49. The first-order chi connectivity index (χ1) is 10.2. The average molecular weight is 291 g/mol. The molecule has 4 heteroatoms. The van der Waals surface area contributed by atoms with Crippen molar-refractivity contribution in [2.24, 2.45) is 0 Å². The summed E-state index contributed by atoms with van der Waals surface area (Å²) in [5.74, 6) is 1.08. The highest BCUT2D eigenvalue weighted by Crippen LogP contribution is 2.15. The number of carbonyl (C=O) groups is 1. The predicted octanol–water partition coefficient (Wildman–Crippen LogP) is 2.66. The number of carbonyl (C=O) groups excluding carboxylic acids is 1. The minimum absolute atomic E-state index is 0.208. The topological polar surface area (TPSA) is 38.8 Å². The van der Waals surface area contributed by atoms with Gasteiger partial charge in [0.15, 0.2) is 0 Å². The normalized spacial score (nSPS) is 18.0. The Bertz CT molecular complexity index is 444. The van der Waals surface area contributed by atoms with Gasteiger partial charge in [0.1, 0.15) is 5.75 Å². The Balaban J connectivity index is 1.64. The summed E-state index contributed by atoms with van der Waals surface area (Å²) >= 11 is 0. The van der Waals surface area contributed by atoms with E-state index in [0.29, 0.717) is 13.0 Å². The lowest BCUT2D eigenvalue weighted by Gasteiger charge is -2.16. The van der Waals surface area contributed by atoms with Gasteiger partial charge < -0.3 is 14.4 Å². The summed E-state index contributed by atoms with van der Waals surface area (Å²) in [5.41, 5.74) is 1.30. The van der Waals surface area contributed by atoms with Gasteiger partial charge in [-0.25, -0.2) is 0 Å². The minimum Gasteiger partial charge on any atom is -0.494 e. The van der Waals surface area contributed by atoms with Crippen molar-refractivity contribution in [3.05, 3.63) is 29.8 Å². The summed E-state index contributed by atoms with van der Waals surface area (Å²) in [7, 11) is 1.70. The maximum absolute atomic E-state index is 12.0. The summed E-state index contributed by atoms with van der Waals surface area (Å²) in [6, 6.07) is 8.14. The van der Waals surface area contributed by atoms with Crippen LogP contribution in [0.25, 0.3) is 0 Å². The molecule has 0 N–H and O–H groups in total. The largest absolute Gasteiger partial charge is 0.494 e. The van der Waals surface area contributed by atoms with Crippen LogP contribution in [-0.4, -0.2) is 43.7 Å². The second kappa shape index (κ2) is 8.03. The van der Waals surface area contributed by atoms with Gasteiger partial charge in [0.05, 0.1) is 12.7 Å². The molecule has 0 radical (unpaired) electrons. The van der Waals surface area contributed by atoms with E-state index in [1.165, 1.54) is 5.56 Å². The van der Waals surface area contributed by atoms with Crippen molar-refractivity contribution in [1.29, 1.82) is 0 Å². The molecule has 0 bridgehead atoms. The molecular formula is C17H25NO3. The van der Waals surface area contributed by atoms with Crippen LogP contribution < -0.4 is 4.74 Å². The average Bonchev–Trinajstić information content (AvgIpc) is 3.01. The first kappa shape index (κ1) is 15.8. The van der Waals surface area contributed by atoms with Crippen LogP contribution >= 0.6 is 0 Å². The first-order valence-electron chi connectivity index (χ1n) is 7.75. The van der Waals surface area contributed by atoms with Crippen molar-refractivity contribution in [3.63, 3.8) is 0 Å². The van der Waals surface area contributed by atoms with E-state index < -0.39 is 0 Å². The van der Waals surface area contributed by atoms with Gasteiger partial charge in [-0.3, -0.25) is 4.79 Å². The maximum Gasteiger partial charge on any atom is 0.222 e. The van der Waals surface area contributed by atoms with Crippen molar-refractivity contribution in [1.82, 2.24) is 4.90 Å². The van der Waals surface area contributed by atoms with Gasteiger partial charge in [0.25, 0.3) is 0 Å². The van der Waals surface area contributed by atoms with E-state index in [1.807, 2.05) is 17.0 Å². The summed E-state index contributed by atoms with van der Waals surface area (Å²) in [4.78, 5) is 13.9. The molecule has 0 aromatic heterocycles. The van der Waals surface area contributed by atoms with Crippen LogP contribution in [0.4, 0.5) is 0 Å². The molecule has 1 aliphatic rings. The van der Waals surface area contributed by atoms with Gasteiger partial charge >= 0.3 is 0 Å². The zero-order valence-electron chi connectivity index (χ0n) is 13.0. The fourth-order valence-corrected chi connectivity index (χ4v) is 2.54. The van der Waals surface area contributed by atoms with Crippen LogP contribution in [0.15, 0.2) is 24.3 Å². The van der Waals surface area contributed by atoms with Gasteiger partial charge in [-0.2, -0.15) is 0 Å². The van der Waals surface area contributed by atoms with E-state index in [-0.39, 0.29) is 12.0 Å². The van der Waals surface area contributed by atoms with Crippen LogP contribution in [0.1, 0.15) is 31.7 Å². The number of benzene rings is 1. The molecule has 1 amide bonds. The molecule has 2 rings (SSSR count). The Morgan fingerprint density at radius 2 is 2.10 bits per heavy atom. The molecule has 1 atom stereocenters. The van der Waals surface area contributed by atoms with Crippen LogP contribution in [0.3, 0.4) is 0 Å². The number of hydrogen-bond donors (Lipinski definition) is 0. The van der Waals surface area contributed by atoms with E-state index >= 15 is 0 Å². The van der Waals surface area contributed by atoms with Crippen molar-refractivity contribution in [2.75, 3.05) is 26.8 Å². The highest BCUT2D eigenvalue weighted by Gasteiger charge is 2.25. The Hall–Kier alpha value is -1.55. The van der Waals surface area contributed by atoms with Crippen molar-refractivity contribution in [3.8, 4) is 5.75 Å². The lowest BCUT2D eigenvalue weighted by atomic mass is 10.2. The van der Waals surface area contributed by atoms with Crippen molar-refractivity contribution in [2.45, 2.75) is 38.7 Å². The SMILES string of the molecule is CCc1ccc(OCCCC(=O)N2CCC(OC)C2)cc1. The van der Waals surface area contributed by atoms with Crippen LogP contribution in [0.5, 0.6) is 5.75 Å². The second-order valence-electron chi connectivity index (χ2n) is 5.44. The Morgan fingerprint density at radius 3 is 2.71 bits per heavy atom. The lowest BCUT2D eigenvalue weighted by Crippen LogP contribution is -2.30. The second-order valence-corrected chi connectivity index (χ2v) is 5.44. The van der Waals surface area contributed by atoms with E-state index in [9.17, 15) is 4.79 Å². The Labute approximate surface area is 127 Å². The molecule has 21 heavy (non-hydrogen) atoms. The lowest BCUT2D eigenvalue weighted by molar-refractivity contribution is -0.130. The molecular weight excluding hydrogens is 266 g/mol. The fourth-order valence-electron chi connectivity index (χ4n) is 2.54. The third-order valence-corrected chi connectivity index (χ3v) is 3.97. The van der Waals surface area contributed by atoms with Gasteiger partial charge in [-0.1, -0.05) is 19.1 Å². The van der Waals surface area contributed by atoms with Gasteiger partial charge in [-0.15, -0.1) is 0 Å². The number of methoxy groups -OCH3 is 1. The molecule has 0 aliphatic carbocycles. The Kier molecular flexibility index (Phi) is 6.05. The molecule has 1 heterocycles. The summed E-state index contributed by atoms with van der Waals surface area (Å²) < 4.78 is 10.9. The molecule has 1 saturated heterocycles. The Morgan fingerprint density at radius 1 is 1.33 bits per heavy atom. The van der Waals surface area contributed by atoms with Crippen LogP contribution in [-0.2, 0) is 16.0 Å². The van der Waals surface area contributed by atoms with Crippen molar-refractivity contribution < 1.29 is 14.3 Å². The third-order valence-electron chi connectivity index (χ3n) is 3.97. The standard InChI is InChI=1S/C17H25NO3/c1-3-14-6-8-15(9-7-14)21-12-4-5-17(19)18-11-10-16(13-18)20-2/h6-9,16H,3-5,10-13H2,1-2H3. The number of amides is 1. The number of likely N-dealkylation sites (tertiary alicyclic amines) is 1. The molecule has 116 valence electrons. The van der Waals surface area contributed by atoms with Gasteiger partial charge in [0, 0.05) is 26.6 Å². The number of ether oxygens (including phenoxy) is 2. The molecule has 4 nitrogen and oxygen atoms in total. The number of rotatable bonds is 7. The van der Waals surface area contributed by atoms with Gasteiger partial charge in [-0.05, 0) is 37.0 Å². The van der Waals surface area contributed by atoms with E-state index in [1.54, 1.807) is 7.11 Å². The molecule has 0 saturated carbocycles. The summed E-state index contributed by atoms with van der Waals surface area (Å²) in [5, 5.41) is 0. The molecule has 1 unspecified atom stereocenters. The monoisotopic (exact) mass is 291 g/mol. The molecule has 0 spiro atoms. The van der Waals surface area contributed by atoms with E-state index in [2.05, 4.69) is 19.1 Å². The quantitative estimate of drug-likeness (QED) is 0.725. The van der Waals surface area contributed by atoms with Crippen molar-refractivity contribution >= 4 is 5.91 Å². The smallest absolute Gasteiger partial charge is 0.222 e. The zero-order valence-corrected chi connectivity index (χ0v) is 13.0. The molecule has 1 aliphatic heterocycles. The molecule has 1 fully saturated rings. The third kappa shape index (κ3) is 4.74. The highest BCUT2D eigenvalue weighted by molar-refractivity contribution is 5.76. The number of aryl methyl sites for hydroxylation is 1. The summed E-state index contributed by atoms with van der Waals surface area (Å²) in [6.45, 7) is 4.26.